The zero-order chi connectivity index (χ0) is 17.1. The normalized spacial score (nSPS) is 26.3. The number of hydrogen-bond donors (Lipinski definition) is 1. The summed E-state index contributed by atoms with van der Waals surface area (Å²) >= 11 is 0. The van der Waals surface area contributed by atoms with Crippen LogP contribution in [-0.2, 0) is 16.0 Å². The summed E-state index contributed by atoms with van der Waals surface area (Å²) < 4.78 is 19.7. The molecule has 4 nitrogen and oxygen atoms in total. The van der Waals surface area contributed by atoms with Crippen LogP contribution in [0.4, 0.5) is 4.39 Å². The predicted octanol–water partition coefficient (Wildman–Crippen LogP) is 2.02. The minimum Gasteiger partial charge on any atom is -0.374 e. The van der Waals surface area contributed by atoms with Crippen LogP contribution >= 0.6 is 0 Å². The molecule has 2 atom stereocenters. The van der Waals surface area contributed by atoms with Crippen molar-refractivity contribution in [1.29, 1.82) is 0 Å². The lowest BCUT2D eigenvalue weighted by atomic mass is 9.90. The standard InChI is InChI=1S/C19H27FN2O2/c1-3-15-19(13(2)20)14(12-21-15)8-9-18(23)22-10-11-24-17-7-5-4-6-16(17)22/h3,12,16-17,21H,4-11H2,1-2H3. The zero-order valence-corrected chi connectivity index (χ0v) is 14.6. The summed E-state index contributed by atoms with van der Waals surface area (Å²) in [7, 11) is 0. The molecule has 132 valence electrons. The molecular formula is C19H27FN2O2. The van der Waals surface area contributed by atoms with Gasteiger partial charge < -0.3 is 14.6 Å². The molecule has 2 aliphatic rings. The Hall–Kier alpha value is -1.62. The second-order valence-corrected chi connectivity index (χ2v) is 6.77. The third-order valence-corrected chi connectivity index (χ3v) is 5.29. The number of ether oxygens (including phenoxy) is 1. The smallest absolute Gasteiger partial charge is 0.223 e. The van der Waals surface area contributed by atoms with Gasteiger partial charge in [0.25, 0.3) is 0 Å². The lowest BCUT2D eigenvalue weighted by Gasteiger charge is -2.43. The molecule has 0 radical (unpaired) electrons. The second kappa shape index (κ2) is 7.51. The van der Waals surface area contributed by atoms with Crippen LogP contribution in [0, 0.1) is 0 Å². The molecule has 1 aliphatic heterocycles. The lowest BCUT2D eigenvalue weighted by molar-refractivity contribution is -0.149. The average Bonchev–Trinajstić information content (AvgIpc) is 3.02. The second-order valence-electron chi connectivity index (χ2n) is 6.77. The topological polar surface area (TPSA) is 45.3 Å². The van der Waals surface area contributed by atoms with Gasteiger partial charge in [-0.3, -0.25) is 4.79 Å². The number of rotatable bonds is 3. The van der Waals surface area contributed by atoms with Gasteiger partial charge in [0.15, 0.2) is 0 Å². The van der Waals surface area contributed by atoms with E-state index in [2.05, 4.69) is 4.98 Å². The van der Waals surface area contributed by atoms with Crippen molar-refractivity contribution in [3.05, 3.63) is 22.3 Å². The fourth-order valence-corrected chi connectivity index (χ4v) is 4.11. The van der Waals surface area contributed by atoms with Crippen molar-refractivity contribution in [2.24, 2.45) is 0 Å². The van der Waals surface area contributed by atoms with Gasteiger partial charge in [-0.1, -0.05) is 18.9 Å². The summed E-state index contributed by atoms with van der Waals surface area (Å²) in [6.45, 7) is 4.66. The number of aryl methyl sites for hydroxylation is 1. The Bertz CT molecular complexity index is 703. The van der Waals surface area contributed by atoms with Crippen LogP contribution in [0.15, 0.2) is 6.20 Å². The molecule has 1 aliphatic carbocycles. The summed E-state index contributed by atoms with van der Waals surface area (Å²) in [6.07, 6.45) is 9.34. The molecule has 3 rings (SSSR count). The number of carbonyl (C=O) groups excluding carboxylic acids is 1. The Morgan fingerprint density at radius 3 is 3.00 bits per heavy atom. The molecule has 1 N–H and O–H groups in total. The first-order chi connectivity index (χ1) is 11.6. The lowest BCUT2D eigenvalue weighted by Crippen LogP contribution is -2.54. The molecule has 2 heterocycles. The monoisotopic (exact) mass is 334 g/mol. The maximum atomic E-state index is 13.8. The fourth-order valence-electron chi connectivity index (χ4n) is 4.11. The highest BCUT2D eigenvalue weighted by atomic mass is 19.1. The Kier molecular flexibility index (Phi) is 5.39. The Balaban J connectivity index is 1.70. The summed E-state index contributed by atoms with van der Waals surface area (Å²) in [5.74, 6) is -0.0357. The summed E-state index contributed by atoms with van der Waals surface area (Å²) in [5, 5.41) is 1.40. The van der Waals surface area contributed by atoms with E-state index in [0.717, 1.165) is 23.8 Å². The van der Waals surface area contributed by atoms with E-state index in [0.29, 0.717) is 31.2 Å². The van der Waals surface area contributed by atoms with Crippen LogP contribution in [0.3, 0.4) is 0 Å². The van der Waals surface area contributed by atoms with Crippen molar-refractivity contribution in [3.63, 3.8) is 0 Å². The largest absolute Gasteiger partial charge is 0.374 e. The van der Waals surface area contributed by atoms with Crippen LogP contribution in [0.5, 0.6) is 0 Å². The molecule has 0 spiro atoms. The molecule has 0 aromatic carbocycles. The van der Waals surface area contributed by atoms with Crippen molar-refractivity contribution in [2.75, 3.05) is 13.2 Å². The van der Waals surface area contributed by atoms with Gasteiger partial charge in [-0.05, 0) is 38.7 Å². The van der Waals surface area contributed by atoms with E-state index < -0.39 is 0 Å². The Morgan fingerprint density at radius 1 is 1.46 bits per heavy atom. The first-order valence-corrected chi connectivity index (χ1v) is 9.02. The molecule has 1 aromatic rings. The predicted molar refractivity (Wildman–Crippen MR) is 92.4 cm³/mol. The maximum absolute atomic E-state index is 13.8. The number of nitrogens with zero attached hydrogens (tertiary/aromatic N) is 1. The van der Waals surface area contributed by atoms with Gasteiger partial charge in [0.1, 0.15) is 5.83 Å². The number of morpholine rings is 1. The van der Waals surface area contributed by atoms with Crippen LogP contribution < -0.4 is 10.6 Å². The van der Waals surface area contributed by atoms with E-state index in [1.54, 1.807) is 0 Å². The van der Waals surface area contributed by atoms with Crippen LogP contribution in [0.2, 0.25) is 0 Å². The van der Waals surface area contributed by atoms with Crippen LogP contribution in [-0.4, -0.2) is 41.1 Å². The zero-order valence-electron chi connectivity index (χ0n) is 14.6. The molecule has 0 bridgehead atoms. The van der Waals surface area contributed by atoms with Crippen molar-refractivity contribution in [3.8, 4) is 0 Å². The van der Waals surface area contributed by atoms with E-state index in [-0.39, 0.29) is 23.9 Å². The number of nitrogens with one attached hydrogen (secondary N) is 1. The van der Waals surface area contributed by atoms with Gasteiger partial charge >= 0.3 is 0 Å². The van der Waals surface area contributed by atoms with E-state index in [4.69, 9.17) is 4.74 Å². The summed E-state index contributed by atoms with van der Waals surface area (Å²) in [6, 6.07) is 0.236. The first kappa shape index (κ1) is 17.2. The maximum Gasteiger partial charge on any atom is 0.223 e. The number of halogens is 1. The highest BCUT2D eigenvalue weighted by Gasteiger charge is 2.36. The van der Waals surface area contributed by atoms with Gasteiger partial charge in [-0.25, -0.2) is 4.39 Å². The van der Waals surface area contributed by atoms with Crippen LogP contribution in [0.1, 0.15) is 51.5 Å². The van der Waals surface area contributed by atoms with Crippen molar-refractivity contribution >= 4 is 17.8 Å². The third-order valence-electron chi connectivity index (χ3n) is 5.29. The van der Waals surface area contributed by atoms with Gasteiger partial charge in [-0.2, -0.15) is 0 Å². The molecule has 24 heavy (non-hydrogen) atoms. The molecular weight excluding hydrogens is 307 g/mol. The molecule has 2 fully saturated rings. The Morgan fingerprint density at radius 2 is 2.25 bits per heavy atom. The Labute approximate surface area is 142 Å². The van der Waals surface area contributed by atoms with Gasteiger partial charge in [0.2, 0.25) is 5.91 Å². The van der Waals surface area contributed by atoms with Crippen molar-refractivity contribution in [1.82, 2.24) is 9.88 Å². The van der Waals surface area contributed by atoms with E-state index in [9.17, 15) is 9.18 Å². The molecule has 1 saturated heterocycles. The van der Waals surface area contributed by atoms with Gasteiger partial charge in [0.05, 0.1) is 18.8 Å². The van der Waals surface area contributed by atoms with Gasteiger partial charge in [-0.15, -0.1) is 0 Å². The fraction of sp³-hybridized carbons (Fsp3) is 0.632. The molecule has 5 heteroatoms. The number of aromatic nitrogens is 1. The van der Waals surface area contributed by atoms with E-state index in [1.807, 2.05) is 24.1 Å². The minimum absolute atomic E-state index is 0.167. The third kappa shape index (κ3) is 3.41. The van der Waals surface area contributed by atoms with Crippen molar-refractivity contribution in [2.45, 2.75) is 64.5 Å². The summed E-state index contributed by atoms with van der Waals surface area (Å²) in [5.41, 5.74) is 0.880. The molecule has 1 saturated carbocycles. The number of amides is 1. The SMILES string of the molecule is CC=c1[nH]cc(CCC(=O)N2CCOC3CCCCC32)c1=C(C)F. The minimum atomic E-state index is -0.203. The molecule has 1 amide bonds. The number of carbonyl (C=O) groups is 1. The highest BCUT2D eigenvalue weighted by molar-refractivity contribution is 5.77. The number of aromatic amines is 1. The molecule has 2 unspecified atom stereocenters. The summed E-state index contributed by atoms with van der Waals surface area (Å²) in [4.78, 5) is 17.8. The quantitative estimate of drug-likeness (QED) is 0.919. The first-order valence-electron chi connectivity index (χ1n) is 9.02. The highest BCUT2D eigenvalue weighted by Crippen LogP contribution is 2.28. The van der Waals surface area contributed by atoms with E-state index >= 15 is 0 Å². The molecule has 1 aromatic heterocycles. The number of hydrogen-bond acceptors (Lipinski definition) is 2. The number of H-pyrrole nitrogens is 1. The van der Waals surface area contributed by atoms with Crippen molar-refractivity contribution < 1.29 is 13.9 Å². The van der Waals surface area contributed by atoms with E-state index in [1.165, 1.54) is 19.8 Å². The number of fused-ring (bicyclic) bond motifs is 1. The van der Waals surface area contributed by atoms with Crippen LogP contribution in [0.25, 0.3) is 11.9 Å². The van der Waals surface area contributed by atoms with Gasteiger partial charge in [0, 0.05) is 29.7 Å². The average molecular weight is 334 g/mol.